The molecule has 0 aliphatic rings. The molecule has 0 aliphatic heterocycles. The van der Waals surface area contributed by atoms with Gasteiger partial charge < -0.3 is 25.4 Å². The lowest BCUT2D eigenvalue weighted by atomic mass is 10.2. The van der Waals surface area contributed by atoms with Crippen LogP contribution in [0, 0.1) is 0 Å². The van der Waals surface area contributed by atoms with E-state index in [-0.39, 0.29) is 11.9 Å². The molecule has 0 bridgehead atoms. The zero-order valence-electron chi connectivity index (χ0n) is 16.4. The van der Waals surface area contributed by atoms with Crippen molar-refractivity contribution >= 4 is 50.0 Å². The standard InChI is InChI=1S/C20H22N4O4S/c1-4-17(25)23-20-24-18-15(27-3)10-13(11-16(18)29-20)22-19(26)21-12-6-8-14(9-7-12)28-5-2/h6-11H,4-5H2,1-3H3,(H2,21,22,26)(H,23,24,25). The van der Waals surface area contributed by atoms with Crippen molar-refractivity contribution in [1.29, 1.82) is 0 Å². The van der Waals surface area contributed by atoms with Gasteiger partial charge in [0, 0.05) is 23.9 Å². The number of fused-ring (bicyclic) bond motifs is 1. The number of methoxy groups -OCH3 is 1. The molecule has 3 N–H and O–H groups in total. The van der Waals surface area contributed by atoms with Gasteiger partial charge in [-0.25, -0.2) is 9.78 Å². The summed E-state index contributed by atoms with van der Waals surface area (Å²) < 4.78 is 11.6. The number of carbonyl (C=O) groups excluding carboxylic acids is 2. The Balaban J connectivity index is 1.74. The number of rotatable bonds is 7. The van der Waals surface area contributed by atoms with Crippen LogP contribution >= 0.6 is 11.3 Å². The molecule has 0 unspecified atom stereocenters. The van der Waals surface area contributed by atoms with Gasteiger partial charge in [-0.15, -0.1) is 0 Å². The van der Waals surface area contributed by atoms with Crippen molar-refractivity contribution in [3.8, 4) is 11.5 Å². The fourth-order valence-electron chi connectivity index (χ4n) is 2.58. The molecular formula is C20H22N4O4S. The van der Waals surface area contributed by atoms with Gasteiger partial charge >= 0.3 is 6.03 Å². The molecular weight excluding hydrogens is 392 g/mol. The van der Waals surface area contributed by atoms with E-state index >= 15 is 0 Å². The molecule has 29 heavy (non-hydrogen) atoms. The smallest absolute Gasteiger partial charge is 0.323 e. The number of aromatic nitrogens is 1. The number of nitrogens with one attached hydrogen (secondary N) is 3. The summed E-state index contributed by atoms with van der Waals surface area (Å²) in [4.78, 5) is 28.4. The Morgan fingerprint density at radius 2 is 1.76 bits per heavy atom. The van der Waals surface area contributed by atoms with Gasteiger partial charge in [-0.05, 0) is 37.3 Å². The normalized spacial score (nSPS) is 10.4. The van der Waals surface area contributed by atoms with E-state index in [0.29, 0.717) is 40.8 Å². The Hall–Kier alpha value is -3.33. The van der Waals surface area contributed by atoms with Gasteiger partial charge in [-0.3, -0.25) is 4.79 Å². The highest BCUT2D eigenvalue weighted by Gasteiger charge is 2.14. The van der Waals surface area contributed by atoms with Crippen molar-refractivity contribution in [3.63, 3.8) is 0 Å². The molecule has 0 spiro atoms. The Labute approximate surface area is 172 Å². The molecule has 1 aromatic heterocycles. The zero-order valence-corrected chi connectivity index (χ0v) is 17.2. The van der Waals surface area contributed by atoms with Crippen LogP contribution in [0.2, 0.25) is 0 Å². The van der Waals surface area contributed by atoms with Gasteiger partial charge in [0.25, 0.3) is 0 Å². The second kappa shape index (κ2) is 9.24. The number of anilines is 3. The lowest BCUT2D eigenvalue weighted by molar-refractivity contribution is -0.115. The summed E-state index contributed by atoms with van der Waals surface area (Å²) in [6.07, 6.45) is 0.367. The van der Waals surface area contributed by atoms with E-state index in [1.807, 2.05) is 6.92 Å². The number of thiazole rings is 1. The summed E-state index contributed by atoms with van der Waals surface area (Å²) in [6, 6.07) is 10.2. The largest absolute Gasteiger partial charge is 0.494 e. The minimum absolute atomic E-state index is 0.115. The minimum Gasteiger partial charge on any atom is -0.494 e. The minimum atomic E-state index is -0.389. The van der Waals surface area contributed by atoms with Crippen LogP contribution in [0.15, 0.2) is 36.4 Å². The Morgan fingerprint density at radius 1 is 1.03 bits per heavy atom. The topological polar surface area (TPSA) is 102 Å². The monoisotopic (exact) mass is 414 g/mol. The molecule has 3 amide bonds. The van der Waals surface area contributed by atoms with Crippen LogP contribution in [0.1, 0.15) is 20.3 Å². The van der Waals surface area contributed by atoms with Gasteiger partial charge in [0.2, 0.25) is 5.91 Å². The number of nitrogens with zero attached hydrogens (tertiary/aromatic N) is 1. The SMILES string of the molecule is CCOc1ccc(NC(=O)Nc2cc(OC)c3nc(NC(=O)CC)sc3c2)cc1. The van der Waals surface area contributed by atoms with Crippen LogP contribution in [0.25, 0.3) is 10.2 Å². The molecule has 0 saturated heterocycles. The molecule has 3 aromatic rings. The van der Waals surface area contributed by atoms with E-state index in [1.165, 1.54) is 18.4 Å². The number of ether oxygens (including phenoxy) is 2. The summed E-state index contributed by atoms with van der Waals surface area (Å²) in [5.74, 6) is 1.13. The highest BCUT2D eigenvalue weighted by molar-refractivity contribution is 7.22. The van der Waals surface area contributed by atoms with Crippen molar-refractivity contribution in [3.05, 3.63) is 36.4 Å². The maximum absolute atomic E-state index is 12.4. The van der Waals surface area contributed by atoms with Crippen molar-refractivity contribution in [1.82, 2.24) is 4.98 Å². The number of benzene rings is 2. The van der Waals surface area contributed by atoms with E-state index in [2.05, 4.69) is 20.9 Å². The highest BCUT2D eigenvalue weighted by Crippen LogP contribution is 2.35. The molecule has 0 atom stereocenters. The molecule has 152 valence electrons. The first-order valence-electron chi connectivity index (χ1n) is 9.11. The number of hydrogen-bond acceptors (Lipinski definition) is 6. The summed E-state index contributed by atoms with van der Waals surface area (Å²) in [5.41, 5.74) is 1.82. The van der Waals surface area contributed by atoms with E-state index in [9.17, 15) is 9.59 Å². The first-order valence-corrected chi connectivity index (χ1v) is 9.93. The third-order valence-corrected chi connectivity index (χ3v) is 4.85. The average molecular weight is 414 g/mol. The van der Waals surface area contributed by atoms with Crippen molar-refractivity contribution in [2.24, 2.45) is 0 Å². The maximum Gasteiger partial charge on any atom is 0.323 e. The van der Waals surface area contributed by atoms with Crippen LogP contribution in [0.5, 0.6) is 11.5 Å². The van der Waals surface area contributed by atoms with Crippen LogP contribution in [-0.2, 0) is 4.79 Å². The highest BCUT2D eigenvalue weighted by atomic mass is 32.1. The maximum atomic E-state index is 12.4. The fourth-order valence-corrected chi connectivity index (χ4v) is 3.52. The van der Waals surface area contributed by atoms with Crippen molar-refractivity contribution < 1.29 is 19.1 Å². The third-order valence-electron chi connectivity index (χ3n) is 3.93. The van der Waals surface area contributed by atoms with E-state index < -0.39 is 0 Å². The number of hydrogen-bond donors (Lipinski definition) is 3. The molecule has 9 heteroatoms. The van der Waals surface area contributed by atoms with E-state index in [1.54, 1.807) is 43.3 Å². The van der Waals surface area contributed by atoms with Gasteiger partial charge in [-0.1, -0.05) is 18.3 Å². The molecule has 2 aromatic carbocycles. The summed E-state index contributed by atoms with van der Waals surface area (Å²) >= 11 is 1.31. The number of urea groups is 1. The molecule has 0 fully saturated rings. The third kappa shape index (κ3) is 5.14. The molecule has 8 nitrogen and oxygen atoms in total. The van der Waals surface area contributed by atoms with Gasteiger partial charge in [-0.2, -0.15) is 0 Å². The molecule has 0 radical (unpaired) electrons. The van der Waals surface area contributed by atoms with Crippen LogP contribution in [0.3, 0.4) is 0 Å². The fraction of sp³-hybridized carbons (Fsp3) is 0.250. The number of amides is 3. The lowest BCUT2D eigenvalue weighted by Gasteiger charge is -2.10. The van der Waals surface area contributed by atoms with Crippen LogP contribution in [-0.4, -0.2) is 30.6 Å². The predicted octanol–water partition coefficient (Wildman–Crippen LogP) is 4.70. The quantitative estimate of drug-likeness (QED) is 0.520. The van der Waals surface area contributed by atoms with Gasteiger partial charge in [0.05, 0.1) is 18.4 Å². The van der Waals surface area contributed by atoms with E-state index in [0.717, 1.165) is 10.4 Å². The van der Waals surface area contributed by atoms with Crippen LogP contribution < -0.4 is 25.4 Å². The van der Waals surface area contributed by atoms with Gasteiger partial charge in [0.15, 0.2) is 5.13 Å². The lowest BCUT2D eigenvalue weighted by Crippen LogP contribution is -2.19. The predicted molar refractivity (Wildman–Crippen MR) is 115 cm³/mol. The Bertz CT molecular complexity index is 1020. The summed E-state index contributed by atoms with van der Waals surface area (Å²) in [5, 5.41) is 8.79. The molecule has 3 rings (SSSR count). The molecule has 1 heterocycles. The first kappa shape index (κ1) is 20.4. The Morgan fingerprint density at radius 3 is 2.41 bits per heavy atom. The van der Waals surface area contributed by atoms with Gasteiger partial charge in [0.1, 0.15) is 17.0 Å². The molecule has 0 aliphatic carbocycles. The number of carbonyl (C=O) groups is 2. The first-order chi connectivity index (χ1) is 14.0. The summed E-state index contributed by atoms with van der Waals surface area (Å²) in [7, 11) is 1.53. The second-order valence-electron chi connectivity index (χ2n) is 5.98. The van der Waals surface area contributed by atoms with E-state index in [4.69, 9.17) is 9.47 Å². The average Bonchev–Trinajstić information content (AvgIpc) is 3.11. The van der Waals surface area contributed by atoms with Crippen molar-refractivity contribution in [2.75, 3.05) is 29.7 Å². The van der Waals surface area contributed by atoms with Crippen LogP contribution in [0.4, 0.5) is 21.3 Å². The second-order valence-corrected chi connectivity index (χ2v) is 7.01. The molecule has 0 saturated carbocycles. The zero-order chi connectivity index (χ0) is 20.8. The summed E-state index contributed by atoms with van der Waals surface area (Å²) in [6.45, 7) is 4.27. The Kier molecular flexibility index (Phi) is 6.50. The van der Waals surface area contributed by atoms with Crippen molar-refractivity contribution in [2.45, 2.75) is 20.3 Å².